The molecule has 0 fully saturated rings. The normalized spacial score (nSPS) is 11.1. The van der Waals surface area contributed by atoms with E-state index in [1.54, 1.807) is 38.1 Å². The topological polar surface area (TPSA) is 69.7 Å². The smallest absolute Gasteiger partial charge is 0.339 e. The fourth-order valence-electron chi connectivity index (χ4n) is 3.47. The number of carbonyl (C=O) groups excluding carboxylic acids is 3. The molecule has 3 aromatic rings. The van der Waals surface area contributed by atoms with Crippen LogP contribution in [-0.2, 0) is 32.1 Å². The van der Waals surface area contributed by atoms with E-state index in [0.717, 1.165) is 39.1 Å². The van der Waals surface area contributed by atoms with Crippen molar-refractivity contribution < 1.29 is 23.9 Å². The molecule has 0 heterocycles. The molecule has 0 amide bonds. The minimum absolute atomic E-state index is 0.0269. The van der Waals surface area contributed by atoms with E-state index < -0.39 is 11.9 Å². The van der Waals surface area contributed by atoms with Crippen molar-refractivity contribution in [3.8, 4) is 5.75 Å². The predicted molar refractivity (Wildman–Crippen MR) is 138 cm³/mol. The fourth-order valence-corrected chi connectivity index (χ4v) is 3.47. The Balaban J connectivity index is 1.70. The van der Waals surface area contributed by atoms with Crippen molar-refractivity contribution in [1.29, 1.82) is 0 Å². The first kappa shape index (κ1) is 25.4. The number of benzene rings is 3. The molecule has 0 bridgehead atoms. The second-order valence-corrected chi connectivity index (χ2v) is 8.45. The molecule has 178 valence electrons. The number of ether oxygens (including phenoxy) is 2. The summed E-state index contributed by atoms with van der Waals surface area (Å²) in [6.07, 6.45) is 3.22. The van der Waals surface area contributed by atoms with Gasteiger partial charge in [0, 0.05) is 18.1 Å². The van der Waals surface area contributed by atoms with Gasteiger partial charge in [-0.2, -0.15) is 0 Å². The monoisotopic (exact) mass is 468 g/mol. The third kappa shape index (κ3) is 6.87. The van der Waals surface area contributed by atoms with Gasteiger partial charge in [0.25, 0.3) is 0 Å². The van der Waals surface area contributed by atoms with Crippen LogP contribution >= 0.6 is 0 Å². The molecule has 3 aromatic carbocycles. The lowest BCUT2D eigenvalue weighted by molar-refractivity contribution is -0.139. The second kappa shape index (κ2) is 11.3. The van der Waals surface area contributed by atoms with Crippen molar-refractivity contribution in [3.63, 3.8) is 0 Å². The maximum Gasteiger partial charge on any atom is 0.339 e. The Morgan fingerprint density at radius 3 is 2.29 bits per heavy atom. The Morgan fingerprint density at radius 1 is 0.914 bits per heavy atom. The van der Waals surface area contributed by atoms with E-state index in [0.29, 0.717) is 23.3 Å². The summed E-state index contributed by atoms with van der Waals surface area (Å²) in [5.41, 5.74) is 4.35. The first-order chi connectivity index (χ1) is 16.7. The summed E-state index contributed by atoms with van der Waals surface area (Å²) in [5.74, 6) is -0.477. The molecule has 5 nitrogen and oxygen atoms in total. The summed E-state index contributed by atoms with van der Waals surface area (Å²) in [5, 5.41) is 2.03. The standard InChI is InChI=1S/C30H28O5/c1-6-29(32)34-18-24-9-12-28(20(4)13-24)35-30(33)21(5)14-22-7-10-26-16-23(8-11-25(26)15-22)17-27(31)19(2)3/h6-16H,1-2,17-18H2,3-5H3/b21-14+. The maximum absolute atomic E-state index is 12.7. The van der Waals surface area contributed by atoms with Crippen LogP contribution in [0.15, 0.2) is 85.0 Å². The molecule has 0 saturated heterocycles. The lowest BCUT2D eigenvalue weighted by atomic mass is 9.99. The number of Topliss-reactive ketones (excluding diaryl/α,β-unsaturated/α-hetero) is 1. The molecular weight excluding hydrogens is 440 g/mol. The van der Waals surface area contributed by atoms with Gasteiger partial charge >= 0.3 is 11.9 Å². The minimum Gasteiger partial charge on any atom is -0.458 e. The van der Waals surface area contributed by atoms with Crippen molar-refractivity contribution >= 4 is 34.6 Å². The van der Waals surface area contributed by atoms with Crippen molar-refractivity contribution in [2.75, 3.05) is 0 Å². The van der Waals surface area contributed by atoms with Gasteiger partial charge < -0.3 is 9.47 Å². The van der Waals surface area contributed by atoms with E-state index in [1.165, 1.54) is 0 Å². The largest absolute Gasteiger partial charge is 0.458 e. The van der Waals surface area contributed by atoms with Crippen LogP contribution in [0.2, 0.25) is 0 Å². The molecule has 0 aromatic heterocycles. The van der Waals surface area contributed by atoms with Gasteiger partial charge in [0.15, 0.2) is 5.78 Å². The number of esters is 2. The van der Waals surface area contributed by atoms with Gasteiger partial charge in [-0.25, -0.2) is 9.59 Å². The van der Waals surface area contributed by atoms with Crippen LogP contribution in [-0.4, -0.2) is 17.7 Å². The molecule has 0 radical (unpaired) electrons. The Kier molecular flexibility index (Phi) is 8.16. The van der Waals surface area contributed by atoms with Crippen LogP contribution in [0.25, 0.3) is 16.8 Å². The lowest BCUT2D eigenvalue weighted by Crippen LogP contribution is -2.10. The van der Waals surface area contributed by atoms with E-state index >= 15 is 0 Å². The van der Waals surface area contributed by atoms with Gasteiger partial charge in [0.05, 0.1) is 0 Å². The quantitative estimate of drug-likeness (QED) is 0.216. The van der Waals surface area contributed by atoms with E-state index in [9.17, 15) is 14.4 Å². The molecule has 0 atom stereocenters. The number of hydrogen-bond acceptors (Lipinski definition) is 5. The zero-order valence-corrected chi connectivity index (χ0v) is 20.2. The van der Waals surface area contributed by atoms with E-state index in [2.05, 4.69) is 13.2 Å². The molecule has 3 rings (SSSR count). The molecule has 0 aliphatic rings. The molecule has 35 heavy (non-hydrogen) atoms. The Hall–Kier alpha value is -4.25. The van der Waals surface area contributed by atoms with Crippen LogP contribution in [0.1, 0.15) is 36.1 Å². The van der Waals surface area contributed by atoms with E-state index in [-0.39, 0.29) is 12.4 Å². The maximum atomic E-state index is 12.7. The number of ketones is 1. The summed E-state index contributed by atoms with van der Waals surface area (Å²) in [4.78, 5) is 35.8. The molecular formula is C30H28O5. The van der Waals surface area contributed by atoms with Gasteiger partial charge in [-0.3, -0.25) is 4.79 Å². The van der Waals surface area contributed by atoms with Gasteiger partial charge in [0.1, 0.15) is 12.4 Å². The summed E-state index contributed by atoms with van der Waals surface area (Å²) in [7, 11) is 0. The highest BCUT2D eigenvalue weighted by Crippen LogP contribution is 2.23. The molecule has 0 N–H and O–H groups in total. The number of rotatable bonds is 9. The van der Waals surface area contributed by atoms with Crippen LogP contribution in [0.5, 0.6) is 5.75 Å². The number of fused-ring (bicyclic) bond motifs is 1. The highest BCUT2D eigenvalue weighted by atomic mass is 16.5. The van der Waals surface area contributed by atoms with E-state index in [4.69, 9.17) is 9.47 Å². The highest BCUT2D eigenvalue weighted by molar-refractivity contribution is 5.97. The summed E-state index contributed by atoms with van der Waals surface area (Å²) >= 11 is 0. The van der Waals surface area contributed by atoms with Crippen molar-refractivity contribution in [2.45, 2.75) is 33.8 Å². The number of allylic oxidation sites excluding steroid dienone is 1. The lowest BCUT2D eigenvalue weighted by Gasteiger charge is -2.10. The average Bonchev–Trinajstić information content (AvgIpc) is 2.83. The van der Waals surface area contributed by atoms with Crippen LogP contribution in [0.4, 0.5) is 0 Å². The summed E-state index contributed by atoms with van der Waals surface area (Å²) in [6.45, 7) is 12.4. The Labute approximate surface area is 205 Å². The molecule has 0 aliphatic heterocycles. The third-order valence-corrected chi connectivity index (χ3v) is 5.46. The first-order valence-corrected chi connectivity index (χ1v) is 11.2. The van der Waals surface area contributed by atoms with Crippen molar-refractivity contribution in [3.05, 3.63) is 107 Å². The Bertz CT molecular complexity index is 1360. The Morgan fingerprint density at radius 2 is 1.60 bits per heavy atom. The predicted octanol–water partition coefficient (Wildman–Crippen LogP) is 6.07. The SMILES string of the molecule is C=CC(=O)OCc1ccc(OC(=O)/C(C)=C/c2ccc3cc(CC(=O)C(=C)C)ccc3c2)c(C)c1. The minimum atomic E-state index is -0.495. The van der Waals surface area contributed by atoms with Crippen LogP contribution in [0, 0.1) is 6.92 Å². The zero-order chi connectivity index (χ0) is 25.5. The fraction of sp³-hybridized carbons (Fsp3) is 0.167. The number of hydrogen-bond donors (Lipinski definition) is 0. The van der Waals surface area contributed by atoms with E-state index in [1.807, 2.05) is 43.3 Å². The van der Waals surface area contributed by atoms with Crippen LogP contribution in [0.3, 0.4) is 0 Å². The van der Waals surface area contributed by atoms with Crippen molar-refractivity contribution in [1.82, 2.24) is 0 Å². The summed E-state index contributed by atoms with van der Waals surface area (Å²) < 4.78 is 10.6. The second-order valence-electron chi connectivity index (χ2n) is 8.45. The van der Waals surface area contributed by atoms with Gasteiger partial charge in [-0.05, 0) is 83.6 Å². The molecule has 0 saturated carbocycles. The van der Waals surface area contributed by atoms with Gasteiger partial charge in [-0.1, -0.05) is 49.6 Å². The molecule has 0 aliphatic carbocycles. The summed E-state index contributed by atoms with van der Waals surface area (Å²) in [6, 6.07) is 17.0. The molecule has 5 heteroatoms. The zero-order valence-electron chi connectivity index (χ0n) is 20.2. The van der Waals surface area contributed by atoms with Gasteiger partial charge in [0.2, 0.25) is 0 Å². The first-order valence-electron chi connectivity index (χ1n) is 11.2. The number of carbonyl (C=O) groups is 3. The third-order valence-electron chi connectivity index (χ3n) is 5.46. The molecule has 0 unspecified atom stereocenters. The number of aryl methyl sites for hydroxylation is 1. The van der Waals surface area contributed by atoms with Gasteiger partial charge in [-0.15, -0.1) is 0 Å². The van der Waals surface area contributed by atoms with Crippen LogP contribution < -0.4 is 4.74 Å². The highest BCUT2D eigenvalue weighted by Gasteiger charge is 2.11. The molecule has 0 spiro atoms. The van der Waals surface area contributed by atoms with Crippen molar-refractivity contribution in [2.24, 2.45) is 0 Å². The average molecular weight is 469 g/mol.